The number of piperidine rings is 1. The Balaban J connectivity index is 0.999. The van der Waals surface area contributed by atoms with Crippen molar-refractivity contribution in [3.63, 3.8) is 0 Å². The van der Waals surface area contributed by atoms with Crippen LogP contribution in [0.3, 0.4) is 0 Å². The van der Waals surface area contributed by atoms with Crippen molar-refractivity contribution in [2.75, 3.05) is 56.2 Å². The molecule has 2 aromatic carbocycles. The van der Waals surface area contributed by atoms with Crippen LogP contribution >= 0.6 is 0 Å². The number of hydrogen-bond acceptors (Lipinski definition) is 7. The quantitative estimate of drug-likeness (QED) is 0.291. The lowest BCUT2D eigenvalue weighted by Crippen LogP contribution is -2.62. The van der Waals surface area contributed by atoms with Crippen LogP contribution in [-0.2, 0) is 9.59 Å². The van der Waals surface area contributed by atoms with Crippen molar-refractivity contribution in [3.05, 3.63) is 72.4 Å². The van der Waals surface area contributed by atoms with Gasteiger partial charge in [-0.15, -0.1) is 0 Å². The van der Waals surface area contributed by atoms with Crippen molar-refractivity contribution in [1.82, 2.24) is 19.7 Å². The average Bonchev–Trinajstić information content (AvgIpc) is 3.82. The van der Waals surface area contributed by atoms with Crippen molar-refractivity contribution >= 4 is 35.0 Å². The standard InChI is InChI=1S/C33H37F2N7O4/c1-40(2)24-19-42(20-24)23-10-15-41(16-11-23)32(45)39-29-18-26(9-14-36-29)46-25-7-8-28(27(35)17-25)38-31(44)33(12-13-33)30(43)37-22-5-3-21(34)4-6-22/h3-9,14,17-18,23-24H,10-13,15-16,19-20H2,1-2H3,(H,37,43)(H,38,44)(H,36,39,45). The van der Waals surface area contributed by atoms with Gasteiger partial charge in [0.05, 0.1) is 5.69 Å². The number of hydrogen-bond donors (Lipinski definition) is 3. The molecule has 2 saturated heterocycles. The van der Waals surface area contributed by atoms with E-state index in [9.17, 15) is 18.8 Å². The molecule has 4 amide bonds. The van der Waals surface area contributed by atoms with Crippen molar-refractivity contribution in [1.29, 1.82) is 0 Å². The van der Waals surface area contributed by atoms with Gasteiger partial charge in [0, 0.05) is 62.3 Å². The molecule has 0 radical (unpaired) electrons. The lowest BCUT2D eigenvalue weighted by Gasteiger charge is -2.49. The normalized spacial score (nSPS) is 18.1. The second kappa shape index (κ2) is 13.0. The summed E-state index contributed by atoms with van der Waals surface area (Å²) in [7, 11) is 4.21. The van der Waals surface area contributed by atoms with Gasteiger partial charge in [0.1, 0.15) is 34.4 Å². The molecule has 2 aliphatic heterocycles. The summed E-state index contributed by atoms with van der Waals surface area (Å²) >= 11 is 0. The molecule has 0 bridgehead atoms. The zero-order valence-corrected chi connectivity index (χ0v) is 25.8. The minimum atomic E-state index is -1.33. The summed E-state index contributed by atoms with van der Waals surface area (Å²) in [4.78, 5) is 49.4. The SMILES string of the molecule is CN(C)C1CN(C2CCN(C(=O)Nc3cc(Oc4ccc(NC(=O)C5(C(=O)Nc6ccc(F)cc6)CC5)c(F)c4)ccn3)CC2)C1. The van der Waals surface area contributed by atoms with E-state index in [0.29, 0.717) is 55.3 Å². The smallest absolute Gasteiger partial charge is 0.323 e. The van der Waals surface area contributed by atoms with Gasteiger partial charge < -0.3 is 25.2 Å². The van der Waals surface area contributed by atoms with Crippen LogP contribution in [0.5, 0.6) is 11.5 Å². The maximum atomic E-state index is 15.0. The number of pyridine rings is 1. The largest absolute Gasteiger partial charge is 0.457 e. The molecule has 0 atom stereocenters. The van der Waals surface area contributed by atoms with E-state index in [1.807, 2.05) is 0 Å². The highest BCUT2D eigenvalue weighted by atomic mass is 19.1. The minimum absolute atomic E-state index is 0.101. The highest BCUT2D eigenvalue weighted by molar-refractivity contribution is 6.16. The molecule has 1 aromatic heterocycles. The van der Waals surface area contributed by atoms with Gasteiger partial charge in [0.2, 0.25) is 11.8 Å². The van der Waals surface area contributed by atoms with Crippen LogP contribution in [-0.4, -0.2) is 89.9 Å². The van der Waals surface area contributed by atoms with E-state index >= 15 is 4.39 Å². The van der Waals surface area contributed by atoms with E-state index in [2.05, 4.69) is 44.8 Å². The molecule has 13 heteroatoms. The van der Waals surface area contributed by atoms with Gasteiger partial charge in [-0.25, -0.2) is 18.6 Å². The van der Waals surface area contributed by atoms with Gasteiger partial charge in [-0.1, -0.05) is 0 Å². The number of rotatable bonds is 9. The first kappa shape index (κ1) is 31.4. The molecule has 1 aliphatic carbocycles. The molecule has 0 unspecified atom stereocenters. The summed E-state index contributed by atoms with van der Waals surface area (Å²) in [5.41, 5.74) is -1.07. The minimum Gasteiger partial charge on any atom is -0.457 e. The van der Waals surface area contributed by atoms with Crippen LogP contribution in [0.4, 0.5) is 30.8 Å². The Morgan fingerprint density at radius 2 is 1.57 bits per heavy atom. The maximum absolute atomic E-state index is 15.0. The third-order valence-electron chi connectivity index (χ3n) is 9.00. The van der Waals surface area contributed by atoms with Gasteiger partial charge in [-0.05, 0) is 82.2 Å². The highest BCUT2D eigenvalue weighted by Crippen LogP contribution is 2.47. The third-order valence-corrected chi connectivity index (χ3v) is 9.00. The maximum Gasteiger partial charge on any atom is 0.323 e. The first-order valence-corrected chi connectivity index (χ1v) is 15.4. The molecule has 6 rings (SSSR count). The van der Waals surface area contributed by atoms with E-state index in [1.54, 1.807) is 17.0 Å². The molecule has 3 heterocycles. The highest BCUT2D eigenvalue weighted by Gasteiger charge is 2.56. The van der Waals surface area contributed by atoms with Crippen molar-refractivity contribution < 1.29 is 27.9 Å². The van der Waals surface area contributed by atoms with E-state index in [0.717, 1.165) is 32.0 Å². The Labute approximate surface area is 265 Å². The second-order valence-corrected chi connectivity index (χ2v) is 12.3. The van der Waals surface area contributed by atoms with Gasteiger partial charge in [0.15, 0.2) is 0 Å². The molecule has 11 nitrogen and oxygen atoms in total. The summed E-state index contributed by atoms with van der Waals surface area (Å²) in [6.45, 7) is 3.47. The fourth-order valence-corrected chi connectivity index (χ4v) is 5.78. The predicted molar refractivity (Wildman–Crippen MR) is 169 cm³/mol. The zero-order valence-electron chi connectivity index (χ0n) is 25.8. The first-order valence-electron chi connectivity index (χ1n) is 15.4. The van der Waals surface area contributed by atoms with Gasteiger partial charge in [0.25, 0.3) is 0 Å². The van der Waals surface area contributed by atoms with Gasteiger partial charge in [-0.2, -0.15) is 0 Å². The summed E-state index contributed by atoms with van der Waals surface area (Å²) in [5.74, 6) is -1.55. The topological polar surface area (TPSA) is 119 Å². The van der Waals surface area contributed by atoms with Gasteiger partial charge >= 0.3 is 6.03 Å². The molecule has 46 heavy (non-hydrogen) atoms. The van der Waals surface area contributed by atoms with Crippen molar-refractivity contribution in [2.45, 2.75) is 37.8 Å². The molecule has 3 aliphatic rings. The number of likely N-dealkylation sites (N-methyl/N-ethyl adjacent to an activating group) is 1. The molecule has 242 valence electrons. The number of halogens is 2. The number of ether oxygens (including phenoxy) is 1. The van der Waals surface area contributed by atoms with E-state index in [1.165, 1.54) is 42.6 Å². The number of amides is 4. The lowest BCUT2D eigenvalue weighted by atomic mass is 9.97. The summed E-state index contributed by atoms with van der Waals surface area (Å²) in [6, 6.07) is 13.2. The Bertz CT molecular complexity index is 1600. The first-order chi connectivity index (χ1) is 22.1. The number of carbonyl (C=O) groups excluding carboxylic acids is 3. The van der Waals surface area contributed by atoms with Crippen LogP contribution in [0.25, 0.3) is 0 Å². The van der Waals surface area contributed by atoms with Crippen molar-refractivity contribution in [3.8, 4) is 11.5 Å². The third kappa shape index (κ3) is 6.95. The van der Waals surface area contributed by atoms with E-state index < -0.39 is 28.9 Å². The number of likely N-dealkylation sites (tertiary alicyclic amines) is 2. The van der Waals surface area contributed by atoms with Crippen LogP contribution in [0.15, 0.2) is 60.8 Å². The Kier molecular flexibility index (Phi) is 8.87. The average molecular weight is 634 g/mol. The number of nitrogens with zero attached hydrogens (tertiary/aromatic N) is 4. The van der Waals surface area contributed by atoms with E-state index in [4.69, 9.17) is 4.74 Å². The fourth-order valence-electron chi connectivity index (χ4n) is 5.78. The second-order valence-electron chi connectivity index (χ2n) is 12.3. The van der Waals surface area contributed by atoms with E-state index in [-0.39, 0.29) is 17.5 Å². The number of benzene rings is 2. The summed E-state index contributed by atoms with van der Waals surface area (Å²) in [6.07, 6.45) is 3.96. The molecule has 3 N–H and O–H groups in total. The fraction of sp³-hybridized carbons (Fsp3) is 0.394. The predicted octanol–water partition coefficient (Wildman–Crippen LogP) is 4.75. The molecular weight excluding hydrogens is 596 g/mol. The molecule has 3 aromatic rings. The lowest BCUT2D eigenvalue weighted by molar-refractivity contribution is -0.131. The number of carbonyl (C=O) groups is 3. The zero-order chi connectivity index (χ0) is 32.4. The number of nitrogens with one attached hydrogen (secondary N) is 3. The van der Waals surface area contributed by atoms with Crippen molar-refractivity contribution in [2.24, 2.45) is 5.41 Å². The molecule has 3 fully saturated rings. The molecular formula is C33H37F2N7O4. The molecule has 0 spiro atoms. The monoisotopic (exact) mass is 633 g/mol. The Morgan fingerprint density at radius 3 is 2.22 bits per heavy atom. The summed E-state index contributed by atoms with van der Waals surface area (Å²) < 4.78 is 34.0. The van der Waals surface area contributed by atoms with Crippen LogP contribution in [0.2, 0.25) is 0 Å². The number of anilines is 3. The Hall–Kier alpha value is -4.62. The molecule has 1 saturated carbocycles. The summed E-state index contributed by atoms with van der Waals surface area (Å²) in [5, 5.41) is 7.95. The van der Waals surface area contributed by atoms with Crippen LogP contribution in [0.1, 0.15) is 25.7 Å². The number of urea groups is 1. The Morgan fingerprint density at radius 1 is 0.891 bits per heavy atom. The van der Waals surface area contributed by atoms with Gasteiger partial charge in [-0.3, -0.25) is 19.8 Å². The van der Waals surface area contributed by atoms with Crippen LogP contribution in [0, 0.1) is 17.0 Å². The van der Waals surface area contributed by atoms with Crippen LogP contribution < -0.4 is 20.7 Å². The number of aromatic nitrogens is 1.